The van der Waals surface area contributed by atoms with Gasteiger partial charge in [0, 0.05) is 24.0 Å². The van der Waals surface area contributed by atoms with Crippen LogP contribution in [0.2, 0.25) is 0 Å². The van der Waals surface area contributed by atoms with Crippen molar-refractivity contribution in [2.45, 2.75) is 19.4 Å². The van der Waals surface area contributed by atoms with Gasteiger partial charge >= 0.3 is 0 Å². The zero-order valence-corrected chi connectivity index (χ0v) is 15.5. The smallest absolute Gasteiger partial charge is 0.185 e. The SMILES string of the molecule is COc1ccc(/C=C/C(=O)c2ccc(OC)c(C[NH+]3CCCC3)c2)cc1. The molecule has 0 aliphatic carbocycles. The zero-order valence-electron chi connectivity index (χ0n) is 15.5. The summed E-state index contributed by atoms with van der Waals surface area (Å²) in [4.78, 5) is 14.1. The van der Waals surface area contributed by atoms with Crippen LogP contribution in [0.5, 0.6) is 11.5 Å². The molecule has 0 saturated carbocycles. The van der Waals surface area contributed by atoms with Crippen molar-refractivity contribution in [2.75, 3.05) is 27.3 Å². The van der Waals surface area contributed by atoms with Gasteiger partial charge in [0.1, 0.15) is 18.0 Å². The number of likely N-dealkylation sites (tertiary alicyclic amines) is 1. The van der Waals surface area contributed by atoms with Crippen molar-refractivity contribution in [3.63, 3.8) is 0 Å². The number of allylic oxidation sites excluding steroid dienone is 1. The lowest BCUT2D eigenvalue weighted by molar-refractivity contribution is -0.901. The van der Waals surface area contributed by atoms with Crippen molar-refractivity contribution >= 4 is 11.9 Å². The predicted octanol–water partition coefficient (Wildman–Crippen LogP) is 2.78. The number of quaternary nitrogens is 1. The van der Waals surface area contributed by atoms with Gasteiger partial charge in [-0.25, -0.2) is 0 Å². The molecule has 2 aromatic carbocycles. The van der Waals surface area contributed by atoms with Crippen molar-refractivity contribution in [3.05, 3.63) is 65.2 Å². The molecule has 1 aliphatic heterocycles. The summed E-state index contributed by atoms with van der Waals surface area (Å²) in [5.41, 5.74) is 2.77. The van der Waals surface area contributed by atoms with Crippen molar-refractivity contribution in [2.24, 2.45) is 0 Å². The number of rotatable bonds is 7. The first kappa shape index (κ1) is 18.2. The van der Waals surface area contributed by atoms with E-state index >= 15 is 0 Å². The number of nitrogens with one attached hydrogen (secondary N) is 1. The molecule has 0 unspecified atom stereocenters. The summed E-state index contributed by atoms with van der Waals surface area (Å²) >= 11 is 0. The van der Waals surface area contributed by atoms with Crippen LogP contribution < -0.4 is 14.4 Å². The van der Waals surface area contributed by atoms with Crippen LogP contribution in [0.1, 0.15) is 34.3 Å². The van der Waals surface area contributed by atoms with Gasteiger partial charge in [-0.1, -0.05) is 18.2 Å². The molecule has 136 valence electrons. The molecule has 26 heavy (non-hydrogen) atoms. The number of benzene rings is 2. The molecule has 3 rings (SSSR count). The van der Waals surface area contributed by atoms with Crippen LogP contribution in [-0.2, 0) is 6.54 Å². The van der Waals surface area contributed by atoms with E-state index in [1.165, 1.54) is 25.9 Å². The Bertz CT molecular complexity index is 774. The topological polar surface area (TPSA) is 40.0 Å². The highest BCUT2D eigenvalue weighted by atomic mass is 16.5. The van der Waals surface area contributed by atoms with Gasteiger partial charge in [0.2, 0.25) is 0 Å². The van der Waals surface area contributed by atoms with Crippen molar-refractivity contribution < 1.29 is 19.2 Å². The number of hydrogen-bond donors (Lipinski definition) is 1. The first-order valence-corrected chi connectivity index (χ1v) is 9.06. The van der Waals surface area contributed by atoms with E-state index in [1.807, 2.05) is 48.5 Å². The number of methoxy groups -OCH3 is 2. The molecule has 2 aromatic rings. The molecule has 0 radical (unpaired) electrons. The van der Waals surface area contributed by atoms with E-state index in [-0.39, 0.29) is 5.78 Å². The van der Waals surface area contributed by atoms with Crippen molar-refractivity contribution in [1.82, 2.24) is 0 Å². The van der Waals surface area contributed by atoms with Gasteiger partial charge in [0.15, 0.2) is 5.78 Å². The monoisotopic (exact) mass is 352 g/mol. The third-order valence-corrected chi connectivity index (χ3v) is 4.86. The van der Waals surface area contributed by atoms with Crippen LogP contribution in [0.25, 0.3) is 6.08 Å². The molecule has 1 aliphatic rings. The van der Waals surface area contributed by atoms with Gasteiger partial charge in [-0.3, -0.25) is 4.79 Å². The van der Waals surface area contributed by atoms with Crippen LogP contribution in [0.3, 0.4) is 0 Å². The van der Waals surface area contributed by atoms with Gasteiger partial charge in [0.25, 0.3) is 0 Å². The fraction of sp³-hybridized carbons (Fsp3) is 0.318. The number of carbonyl (C=O) groups excluding carboxylic acids is 1. The Kier molecular flexibility index (Phi) is 6.08. The van der Waals surface area contributed by atoms with E-state index in [4.69, 9.17) is 9.47 Å². The Balaban J connectivity index is 1.74. The molecule has 0 aromatic heterocycles. The fourth-order valence-electron chi connectivity index (χ4n) is 3.37. The molecule has 1 heterocycles. The van der Waals surface area contributed by atoms with Crippen LogP contribution in [0.4, 0.5) is 0 Å². The Morgan fingerprint density at radius 2 is 1.77 bits per heavy atom. The first-order chi connectivity index (χ1) is 12.7. The molecular formula is C22H26NO3+. The summed E-state index contributed by atoms with van der Waals surface area (Å²) in [6.07, 6.45) is 6.01. The Labute approximate surface area is 155 Å². The maximum atomic E-state index is 12.6. The minimum absolute atomic E-state index is 0.00106. The average molecular weight is 352 g/mol. The lowest BCUT2D eigenvalue weighted by Gasteiger charge is -2.15. The standard InChI is InChI=1S/C22H25NO3/c1-25-20-9-5-17(6-10-20)7-11-21(24)18-8-12-22(26-2)19(15-18)16-23-13-3-4-14-23/h5-12,15H,3-4,13-14,16H2,1-2H3/p+1/b11-7+. The maximum absolute atomic E-state index is 12.6. The van der Waals surface area contributed by atoms with Crippen LogP contribution in [-0.4, -0.2) is 33.1 Å². The summed E-state index contributed by atoms with van der Waals surface area (Å²) in [6, 6.07) is 13.3. The maximum Gasteiger partial charge on any atom is 0.185 e. The van der Waals surface area contributed by atoms with E-state index in [0.717, 1.165) is 29.2 Å². The quantitative estimate of drug-likeness (QED) is 0.615. The highest BCUT2D eigenvalue weighted by molar-refractivity contribution is 6.07. The van der Waals surface area contributed by atoms with Crippen LogP contribution in [0, 0.1) is 0 Å². The predicted molar refractivity (Wildman–Crippen MR) is 103 cm³/mol. The average Bonchev–Trinajstić information content (AvgIpc) is 3.19. The number of ether oxygens (including phenoxy) is 2. The fourth-order valence-corrected chi connectivity index (χ4v) is 3.37. The highest BCUT2D eigenvalue weighted by Gasteiger charge is 2.18. The van der Waals surface area contributed by atoms with Gasteiger partial charge in [-0.2, -0.15) is 0 Å². The summed E-state index contributed by atoms with van der Waals surface area (Å²) in [7, 11) is 3.32. The van der Waals surface area contributed by atoms with Crippen LogP contribution in [0.15, 0.2) is 48.5 Å². The number of carbonyl (C=O) groups is 1. The van der Waals surface area contributed by atoms with Crippen LogP contribution >= 0.6 is 0 Å². The van der Waals surface area contributed by atoms with Gasteiger partial charge in [0.05, 0.1) is 27.3 Å². The molecular weight excluding hydrogens is 326 g/mol. The Morgan fingerprint density at radius 3 is 2.42 bits per heavy atom. The van der Waals surface area contributed by atoms with Crippen molar-refractivity contribution in [1.29, 1.82) is 0 Å². The highest BCUT2D eigenvalue weighted by Crippen LogP contribution is 2.20. The molecule has 4 nitrogen and oxygen atoms in total. The molecule has 1 fully saturated rings. The third kappa shape index (κ3) is 4.52. The molecule has 0 bridgehead atoms. The van der Waals surface area contributed by atoms with E-state index in [1.54, 1.807) is 25.2 Å². The molecule has 0 spiro atoms. The summed E-state index contributed by atoms with van der Waals surface area (Å²) in [5.74, 6) is 1.67. The minimum atomic E-state index is 0.00106. The lowest BCUT2D eigenvalue weighted by atomic mass is 10.0. The lowest BCUT2D eigenvalue weighted by Crippen LogP contribution is -3.08. The molecule has 0 atom stereocenters. The van der Waals surface area contributed by atoms with Gasteiger partial charge in [-0.15, -0.1) is 0 Å². The Morgan fingerprint density at radius 1 is 1.04 bits per heavy atom. The molecule has 0 amide bonds. The zero-order chi connectivity index (χ0) is 18.4. The van der Waals surface area contributed by atoms with E-state index in [9.17, 15) is 4.79 Å². The number of ketones is 1. The van der Waals surface area contributed by atoms with Gasteiger partial charge < -0.3 is 14.4 Å². The third-order valence-electron chi connectivity index (χ3n) is 4.86. The second kappa shape index (κ2) is 8.68. The normalized spacial score (nSPS) is 14.7. The van der Waals surface area contributed by atoms with E-state index < -0.39 is 0 Å². The second-order valence-electron chi connectivity index (χ2n) is 6.63. The largest absolute Gasteiger partial charge is 0.497 e. The molecule has 4 heteroatoms. The molecule has 1 N–H and O–H groups in total. The summed E-state index contributed by atoms with van der Waals surface area (Å²) < 4.78 is 10.6. The summed E-state index contributed by atoms with van der Waals surface area (Å²) in [6.45, 7) is 3.30. The van der Waals surface area contributed by atoms with E-state index in [0.29, 0.717) is 5.56 Å². The second-order valence-corrected chi connectivity index (χ2v) is 6.63. The Hall–Kier alpha value is -2.59. The van der Waals surface area contributed by atoms with E-state index in [2.05, 4.69) is 0 Å². The van der Waals surface area contributed by atoms with Crippen molar-refractivity contribution in [3.8, 4) is 11.5 Å². The number of hydrogen-bond acceptors (Lipinski definition) is 3. The first-order valence-electron chi connectivity index (χ1n) is 9.06. The summed E-state index contributed by atoms with van der Waals surface area (Å²) in [5, 5.41) is 0. The minimum Gasteiger partial charge on any atom is -0.497 e. The van der Waals surface area contributed by atoms with Gasteiger partial charge in [-0.05, 0) is 42.0 Å². The molecule has 1 saturated heterocycles.